The quantitative estimate of drug-likeness (QED) is 0.149. The van der Waals surface area contributed by atoms with E-state index in [1.807, 2.05) is 6.20 Å². The van der Waals surface area contributed by atoms with Crippen molar-refractivity contribution in [3.05, 3.63) is 178 Å². The molecule has 1 aliphatic heterocycles. The van der Waals surface area contributed by atoms with Crippen LogP contribution in [0.25, 0.3) is 44.7 Å². The molecule has 3 heterocycles. The van der Waals surface area contributed by atoms with Crippen LogP contribution in [-0.2, 0) is 36.6 Å². The van der Waals surface area contributed by atoms with Crippen molar-refractivity contribution in [1.82, 2.24) is 14.1 Å². The van der Waals surface area contributed by atoms with Gasteiger partial charge < -0.3 is 0 Å². The number of aryl methyl sites for hydroxylation is 1. The van der Waals surface area contributed by atoms with Gasteiger partial charge in [0.05, 0.1) is 0 Å². The normalized spacial score (nSPS) is 14.0. The predicted octanol–water partition coefficient (Wildman–Crippen LogP) is 14.1. The maximum atomic E-state index is 6.89. The molecule has 0 amide bonds. The average molecular weight is 980 g/mol. The van der Waals surface area contributed by atoms with E-state index in [2.05, 4.69) is 240 Å². The second kappa shape index (κ2) is 15.6. The van der Waals surface area contributed by atoms with Crippen molar-refractivity contribution >= 4 is 22.5 Å². The van der Waals surface area contributed by atoms with Crippen LogP contribution in [0.4, 0.5) is 11.5 Å². The van der Waals surface area contributed by atoms with Gasteiger partial charge in [-0.3, -0.25) is 0 Å². The molecule has 8 aromatic rings. The Labute approximate surface area is 371 Å². The second-order valence-corrected chi connectivity index (χ2v) is 19.8. The van der Waals surface area contributed by atoms with Gasteiger partial charge in [0.1, 0.15) is 0 Å². The van der Waals surface area contributed by atoms with E-state index in [1.165, 1.54) is 11.1 Å². The van der Waals surface area contributed by atoms with Gasteiger partial charge in [-0.1, -0.05) is 20.8 Å². The molecule has 0 atom stereocenters. The molecule has 0 fully saturated rings. The minimum absolute atomic E-state index is 0.00162. The zero-order chi connectivity index (χ0) is 42.7. The summed E-state index contributed by atoms with van der Waals surface area (Å²) in [6, 6.07) is 57.2. The summed E-state index contributed by atoms with van der Waals surface area (Å²) >= 11 is 2.51. The van der Waals surface area contributed by atoms with Gasteiger partial charge in [-0.15, -0.1) is 0 Å². The number of benzene rings is 6. The maximum absolute atomic E-state index is 6.89. The van der Waals surface area contributed by atoms with Crippen LogP contribution < -0.4 is 9.64 Å². The number of hydrogen-bond donors (Lipinski definition) is 0. The van der Waals surface area contributed by atoms with Crippen molar-refractivity contribution in [3.8, 4) is 45.1 Å². The number of para-hydroxylation sites is 3. The summed E-state index contributed by atoms with van der Waals surface area (Å²) < 4.78 is 12.7. The number of imidazole rings is 1. The van der Waals surface area contributed by atoms with E-state index in [9.17, 15) is 0 Å². The van der Waals surface area contributed by atoms with Crippen LogP contribution in [0.15, 0.2) is 146 Å². The number of anilines is 2. The molecule has 0 aliphatic carbocycles. The summed E-state index contributed by atoms with van der Waals surface area (Å²) in [5.74, 6) is 2.22. The van der Waals surface area contributed by atoms with Crippen molar-refractivity contribution in [2.75, 3.05) is 4.90 Å². The summed E-state index contributed by atoms with van der Waals surface area (Å²) in [5, 5.41) is 0. The first-order valence-electron chi connectivity index (χ1n) is 21.2. The van der Waals surface area contributed by atoms with Gasteiger partial charge in [0.15, 0.2) is 0 Å². The van der Waals surface area contributed by atoms with Crippen LogP contribution in [0.3, 0.4) is 0 Å². The standard InChI is InChI=1S/C55H52N4O.Pt/c1-53(2,3)41-29-31-56-51(34-41)59-50-36-44(27-26-40(50)28-30-55(59,7)8)60-45-33-42(54(4,5)6)32-43(35-45)57-37-58(49-25-16-15-24-48(49)57)52-46(38-18-11-9-12-19-38)22-17-23-47(52)39-20-13-10-14-21-39;/h9-27,29,31-34H,28,30H2,1-8H3;/q-2;. The fourth-order valence-electron chi connectivity index (χ4n) is 8.54. The van der Waals surface area contributed by atoms with E-state index in [0.717, 1.165) is 78.4 Å². The summed E-state index contributed by atoms with van der Waals surface area (Å²) in [6.07, 6.45) is 3.91. The SMILES string of the molecule is CC(C)(C)c1cc(Oc2[c-]c3c(cc2)CCC(C)(C)N3c2cc(C(C)(C)C)ccn2)[c-]c(-n2[c](=[Pt])n(-c3c(-c4ccccc4)cccc3-c3ccccc3)c3ccccc32)c1. The first kappa shape index (κ1) is 40.6. The van der Waals surface area contributed by atoms with Crippen LogP contribution in [-0.4, -0.2) is 19.7 Å². The summed E-state index contributed by atoms with van der Waals surface area (Å²) in [4.78, 5) is 7.28. The topological polar surface area (TPSA) is 35.2 Å². The molecule has 0 N–H and O–H groups in total. The van der Waals surface area contributed by atoms with E-state index in [4.69, 9.17) is 9.72 Å². The average Bonchev–Trinajstić information content (AvgIpc) is 3.54. The number of fused-ring (bicyclic) bond motifs is 2. The molecular formula is C55H52N4OPt-2. The Balaban J connectivity index is 1.21. The Morgan fingerprint density at radius 3 is 1.85 bits per heavy atom. The third-order valence-corrected chi connectivity index (χ3v) is 13.0. The fraction of sp³-hybridized carbons (Fsp3) is 0.236. The first-order chi connectivity index (χ1) is 29.2. The van der Waals surface area contributed by atoms with Crippen LogP contribution in [0, 0.1) is 15.9 Å². The van der Waals surface area contributed by atoms with E-state index in [-0.39, 0.29) is 16.4 Å². The third-order valence-electron chi connectivity index (χ3n) is 11.9. The number of rotatable bonds is 7. The van der Waals surface area contributed by atoms with Gasteiger partial charge in [-0.2, -0.15) is 0 Å². The Kier molecular flexibility index (Phi) is 10.4. The molecular weight excluding hydrogens is 928 g/mol. The predicted molar refractivity (Wildman–Crippen MR) is 247 cm³/mol. The number of nitrogens with zero attached hydrogens (tertiary/aromatic N) is 4. The molecule has 1 aliphatic rings. The monoisotopic (exact) mass is 979 g/mol. The Hall–Kier alpha value is -5.77. The van der Waals surface area contributed by atoms with Gasteiger partial charge >= 0.3 is 330 Å². The van der Waals surface area contributed by atoms with Crippen molar-refractivity contribution in [2.45, 2.75) is 84.6 Å². The van der Waals surface area contributed by atoms with Crippen LogP contribution >= 0.6 is 0 Å². The molecule has 6 heteroatoms. The van der Waals surface area contributed by atoms with Crippen molar-refractivity contribution in [2.24, 2.45) is 0 Å². The van der Waals surface area contributed by atoms with Gasteiger partial charge in [0.2, 0.25) is 0 Å². The van der Waals surface area contributed by atoms with Crippen LogP contribution in [0.5, 0.6) is 11.5 Å². The van der Waals surface area contributed by atoms with Gasteiger partial charge in [-0.05, 0) is 17.0 Å². The summed E-state index contributed by atoms with van der Waals surface area (Å²) in [5.41, 5.74) is 13.2. The molecule has 0 radical (unpaired) electrons. The first-order valence-corrected chi connectivity index (χ1v) is 22.3. The molecule has 0 unspecified atom stereocenters. The summed E-state index contributed by atoms with van der Waals surface area (Å²) in [7, 11) is 0. The molecule has 5 nitrogen and oxygen atoms in total. The van der Waals surface area contributed by atoms with Crippen molar-refractivity contribution in [3.63, 3.8) is 0 Å². The van der Waals surface area contributed by atoms with Gasteiger partial charge in [0.25, 0.3) is 0 Å². The third kappa shape index (κ3) is 7.74. The zero-order valence-electron chi connectivity index (χ0n) is 36.3. The van der Waals surface area contributed by atoms with Gasteiger partial charge in [0, 0.05) is 6.20 Å². The number of hydrogen-bond acceptors (Lipinski definition) is 3. The molecule has 0 saturated carbocycles. The van der Waals surface area contributed by atoms with E-state index < -0.39 is 0 Å². The number of pyridine rings is 1. The summed E-state index contributed by atoms with van der Waals surface area (Å²) in [6.45, 7) is 18.1. The van der Waals surface area contributed by atoms with Crippen LogP contribution in [0.2, 0.25) is 0 Å². The number of aromatic nitrogens is 3. The van der Waals surface area contributed by atoms with E-state index >= 15 is 0 Å². The Bertz CT molecular complexity index is 2910. The molecule has 6 aromatic carbocycles. The molecule has 310 valence electrons. The minimum atomic E-state index is -0.170. The molecule has 2 aromatic heterocycles. The van der Waals surface area contributed by atoms with Gasteiger partial charge in [-0.25, -0.2) is 0 Å². The second-order valence-electron chi connectivity index (χ2n) is 18.8. The fourth-order valence-corrected chi connectivity index (χ4v) is 9.61. The van der Waals surface area contributed by atoms with Crippen LogP contribution in [0.1, 0.15) is 78.5 Å². The molecule has 0 spiro atoms. The molecule has 0 saturated heterocycles. The molecule has 0 bridgehead atoms. The Morgan fingerprint density at radius 1 is 0.623 bits per heavy atom. The molecule has 9 rings (SSSR count). The Morgan fingerprint density at radius 2 is 1.23 bits per heavy atom. The molecule has 61 heavy (non-hydrogen) atoms. The van der Waals surface area contributed by atoms with Crippen molar-refractivity contribution in [1.29, 1.82) is 0 Å². The van der Waals surface area contributed by atoms with E-state index in [1.54, 1.807) is 0 Å². The van der Waals surface area contributed by atoms with Crippen molar-refractivity contribution < 1.29 is 24.1 Å². The van der Waals surface area contributed by atoms with E-state index in [0.29, 0.717) is 11.5 Å². The zero-order valence-corrected chi connectivity index (χ0v) is 38.6. The number of ether oxygens (including phenoxy) is 1.